The molecule has 0 radical (unpaired) electrons. The van der Waals surface area contributed by atoms with Gasteiger partial charge in [0.15, 0.2) is 0 Å². The molecule has 0 aromatic carbocycles. The first-order valence-corrected chi connectivity index (χ1v) is 8.14. The summed E-state index contributed by atoms with van der Waals surface area (Å²) >= 11 is 0. The van der Waals surface area contributed by atoms with Crippen LogP contribution in [0.5, 0.6) is 0 Å². The van der Waals surface area contributed by atoms with Gasteiger partial charge in [0, 0.05) is 0 Å². The highest BCUT2D eigenvalue weighted by atomic mass is 16.6. The van der Waals surface area contributed by atoms with Crippen LogP contribution in [0.4, 0.5) is 5.69 Å². The van der Waals surface area contributed by atoms with E-state index in [1.807, 2.05) is 6.08 Å². The third-order valence-electron chi connectivity index (χ3n) is 4.32. The topological polar surface area (TPSA) is 87.3 Å². The molecule has 1 atom stereocenters. The van der Waals surface area contributed by atoms with E-state index >= 15 is 0 Å². The lowest BCUT2D eigenvalue weighted by Gasteiger charge is -2.33. The second-order valence-electron chi connectivity index (χ2n) is 7.34. The Morgan fingerprint density at radius 3 is 2.67 bits per heavy atom. The quantitative estimate of drug-likeness (QED) is 0.356. The lowest BCUT2D eigenvalue weighted by Crippen LogP contribution is -2.28. The number of esters is 1. The SMILES string of the molecule is CC1=C[C@@H](OC(=O)CCn2nc(C)c([N+](=O)[O-])c2C)CC(C)(C)C1. The van der Waals surface area contributed by atoms with Gasteiger partial charge in [-0.3, -0.25) is 19.6 Å². The van der Waals surface area contributed by atoms with E-state index in [1.165, 1.54) is 10.3 Å². The van der Waals surface area contributed by atoms with Crippen LogP contribution in [0.25, 0.3) is 0 Å². The number of nitrogens with zero attached hydrogens (tertiary/aromatic N) is 3. The van der Waals surface area contributed by atoms with Crippen molar-refractivity contribution in [1.82, 2.24) is 9.78 Å². The molecule has 2 rings (SSSR count). The molecule has 0 unspecified atom stereocenters. The standard InChI is InChI=1S/C17H25N3O4/c1-11-8-14(10-17(4,5)9-11)24-15(21)6-7-19-13(3)16(20(22)23)12(2)18-19/h8,14H,6-7,9-10H2,1-5H3/t14-/m1/s1. The maximum Gasteiger partial charge on any atom is 0.312 e. The first-order chi connectivity index (χ1) is 11.1. The molecule has 0 saturated carbocycles. The Balaban J connectivity index is 1.96. The van der Waals surface area contributed by atoms with Crippen molar-refractivity contribution in [1.29, 1.82) is 0 Å². The van der Waals surface area contributed by atoms with Crippen molar-refractivity contribution in [2.24, 2.45) is 5.41 Å². The molecule has 0 bridgehead atoms. The van der Waals surface area contributed by atoms with Gasteiger partial charge in [0.05, 0.1) is 17.9 Å². The molecule has 0 aliphatic heterocycles. The van der Waals surface area contributed by atoms with Gasteiger partial charge in [0.2, 0.25) is 0 Å². The third-order valence-corrected chi connectivity index (χ3v) is 4.32. The van der Waals surface area contributed by atoms with Crippen molar-refractivity contribution in [2.75, 3.05) is 0 Å². The molecule has 7 nitrogen and oxygen atoms in total. The Morgan fingerprint density at radius 1 is 1.46 bits per heavy atom. The Kier molecular flexibility index (Phi) is 5.11. The fourth-order valence-electron chi connectivity index (χ4n) is 3.48. The van der Waals surface area contributed by atoms with E-state index in [9.17, 15) is 14.9 Å². The maximum absolute atomic E-state index is 12.1. The van der Waals surface area contributed by atoms with E-state index in [4.69, 9.17) is 4.74 Å². The number of ether oxygens (including phenoxy) is 1. The van der Waals surface area contributed by atoms with Crippen LogP contribution in [0.15, 0.2) is 11.6 Å². The summed E-state index contributed by atoms with van der Waals surface area (Å²) in [6.45, 7) is 9.89. The monoisotopic (exact) mass is 335 g/mol. The fraction of sp³-hybridized carbons (Fsp3) is 0.647. The van der Waals surface area contributed by atoms with Gasteiger partial charge in [0.1, 0.15) is 17.5 Å². The molecule has 132 valence electrons. The summed E-state index contributed by atoms with van der Waals surface area (Å²) < 4.78 is 7.05. The van der Waals surface area contributed by atoms with Crippen molar-refractivity contribution in [3.8, 4) is 0 Å². The van der Waals surface area contributed by atoms with E-state index in [-0.39, 0.29) is 36.1 Å². The van der Waals surface area contributed by atoms with Crippen LogP contribution >= 0.6 is 0 Å². The zero-order valence-corrected chi connectivity index (χ0v) is 15.0. The minimum atomic E-state index is -0.440. The Labute approximate surface area is 141 Å². The van der Waals surface area contributed by atoms with Crippen LogP contribution in [0.1, 0.15) is 51.4 Å². The average molecular weight is 335 g/mol. The molecule has 0 spiro atoms. The number of nitro groups is 1. The molecule has 7 heteroatoms. The summed E-state index contributed by atoms with van der Waals surface area (Å²) in [5.74, 6) is -0.308. The van der Waals surface area contributed by atoms with Gasteiger partial charge >= 0.3 is 11.7 Å². The van der Waals surface area contributed by atoms with Crippen LogP contribution in [0, 0.1) is 29.4 Å². The highest BCUT2D eigenvalue weighted by Gasteiger charge is 2.29. The van der Waals surface area contributed by atoms with E-state index in [0.717, 1.165) is 12.8 Å². The Hall–Kier alpha value is -2.18. The molecule has 0 saturated heterocycles. The van der Waals surface area contributed by atoms with Gasteiger partial charge in [-0.1, -0.05) is 19.4 Å². The van der Waals surface area contributed by atoms with Gasteiger partial charge in [-0.15, -0.1) is 0 Å². The van der Waals surface area contributed by atoms with Crippen molar-refractivity contribution < 1.29 is 14.5 Å². The van der Waals surface area contributed by atoms with Gasteiger partial charge in [0.25, 0.3) is 0 Å². The highest BCUT2D eigenvalue weighted by Crippen LogP contribution is 2.36. The average Bonchev–Trinajstić information content (AvgIpc) is 2.68. The first kappa shape index (κ1) is 18.2. The van der Waals surface area contributed by atoms with Gasteiger partial charge < -0.3 is 4.74 Å². The third kappa shape index (κ3) is 4.21. The van der Waals surface area contributed by atoms with Crippen LogP contribution in [0.3, 0.4) is 0 Å². The summed E-state index contributed by atoms with van der Waals surface area (Å²) in [5, 5.41) is 15.1. The molecule has 1 aliphatic carbocycles. The minimum Gasteiger partial charge on any atom is -0.458 e. The van der Waals surface area contributed by atoms with Gasteiger partial charge in [-0.2, -0.15) is 5.10 Å². The number of hydrogen-bond donors (Lipinski definition) is 0. The summed E-state index contributed by atoms with van der Waals surface area (Å²) in [7, 11) is 0. The predicted molar refractivity (Wildman–Crippen MR) is 89.6 cm³/mol. The van der Waals surface area contributed by atoms with Crippen LogP contribution < -0.4 is 0 Å². The normalized spacial score (nSPS) is 19.7. The Bertz CT molecular complexity index is 688. The van der Waals surface area contributed by atoms with E-state index in [0.29, 0.717) is 11.4 Å². The Morgan fingerprint density at radius 2 is 2.12 bits per heavy atom. The van der Waals surface area contributed by atoms with Crippen LogP contribution in [-0.4, -0.2) is 26.8 Å². The molecule has 0 N–H and O–H groups in total. The number of hydrogen-bond acceptors (Lipinski definition) is 5. The first-order valence-electron chi connectivity index (χ1n) is 8.14. The molecule has 1 heterocycles. The number of carbonyl (C=O) groups excluding carboxylic acids is 1. The second kappa shape index (κ2) is 6.75. The highest BCUT2D eigenvalue weighted by molar-refractivity contribution is 5.69. The fourth-order valence-corrected chi connectivity index (χ4v) is 3.48. The molecular weight excluding hydrogens is 310 g/mol. The summed E-state index contributed by atoms with van der Waals surface area (Å²) in [6, 6.07) is 0. The van der Waals surface area contributed by atoms with Crippen LogP contribution in [-0.2, 0) is 16.1 Å². The number of carbonyl (C=O) groups is 1. The van der Waals surface area contributed by atoms with Crippen molar-refractivity contribution in [2.45, 2.75) is 66.5 Å². The number of aromatic nitrogens is 2. The van der Waals surface area contributed by atoms with Gasteiger partial charge in [-0.05, 0) is 45.1 Å². The molecule has 1 aromatic heterocycles. The molecule has 0 amide bonds. The zero-order chi connectivity index (χ0) is 18.1. The zero-order valence-electron chi connectivity index (χ0n) is 15.0. The van der Waals surface area contributed by atoms with Crippen molar-refractivity contribution in [3.05, 3.63) is 33.2 Å². The second-order valence-corrected chi connectivity index (χ2v) is 7.34. The lowest BCUT2D eigenvalue weighted by molar-refractivity contribution is -0.386. The van der Waals surface area contributed by atoms with Crippen molar-refractivity contribution in [3.63, 3.8) is 0 Å². The summed E-state index contributed by atoms with van der Waals surface area (Å²) in [4.78, 5) is 22.7. The number of aryl methyl sites for hydroxylation is 2. The molecule has 24 heavy (non-hydrogen) atoms. The predicted octanol–water partition coefficient (Wildman–Crippen LogP) is 3.48. The van der Waals surface area contributed by atoms with E-state index in [2.05, 4.69) is 25.9 Å². The maximum atomic E-state index is 12.1. The summed E-state index contributed by atoms with van der Waals surface area (Å²) in [5.41, 5.74) is 2.19. The van der Waals surface area contributed by atoms with Crippen LogP contribution in [0.2, 0.25) is 0 Å². The molecule has 1 aromatic rings. The smallest absolute Gasteiger partial charge is 0.312 e. The molecule has 1 aliphatic rings. The van der Waals surface area contributed by atoms with E-state index < -0.39 is 4.92 Å². The van der Waals surface area contributed by atoms with Gasteiger partial charge in [-0.25, -0.2) is 0 Å². The summed E-state index contributed by atoms with van der Waals surface area (Å²) in [6.07, 6.45) is 3.77. The number of rotatable bonds is 5. The van der Waals surface area contributed by atoms with E-state index in [1.54, 1.807) is 13.8 Å². The molecule has 0 fully saturated rings. The lowest BCUT2D eigenvalue weighted by atomic mass is 9.76. The van der Waals surface area contributed by atoms with Crippen molar-refractivity contribution >= 4 is 11.7 Å². The minimum absolute atomic E-state index is 0.0101. The molecular formula is C17H25N3O4. The largest absolute Gasteiger partial charge is 0.458 e. The number of allylic oxidation sites excluding steroid dienone is 1.